The molecule has 0 spiro atoms. The SMILES string of the molecule is O=C(CC1CCC1)c1cccc2nccnc12. The van der Waals surface area contributed by atoms with Crippen LogP contribution in [0.2, 0.25) is 0 Å². The number of fused-ring (bicyclic) bond motifs is 1. The van der Waals surface area contributed by atoms with Crippen molar-refractivity contribution in [1.82, 2.24) is 9.97 Å². The van der Waals surface area contributed by atoms with Gasteiger partial charge in [-0.3, -0.25) is 14.8 Å². The van der Waals surface area contributed by atoms with Crippen LogP contribution in [-0.2, 0) is 0 Å². The van der Waals surface area contributed by atoms with Crippen molar-refractivity contribution >= 4 is 16.8 Å². The van der Waals surface area contributed by atoms with Gasteiger partial charge in [-0.25, -0.2) is 0 Å². The van der Waals surface area contributed by atoms with Crippen LogP contribution in [0.15, 0.2) is 30.6 Å². The second-order valence-electron chi connectivity index (χ2n) is 4.65. The number of nitrogens with zero attached hydrogens (tertiary/aromatic N) is 2. The van der Waals surface area contributed by atoms with Gasteiger partial charge in [-0.05, 0) is 18.1 Å². The van der Waals surface area contributed by atoms with Gasteiger partial charge in [0.05, 0.1) is 11.0 Å². The Hall–Kier alpha value is -1.77. The van der Waals surface area contributed by atoms with Gasteiger partial charge in [0.2, 0.25) is 0 Å². The Bertz CT molecular complexity index is 556. The third-order valence-corrected chi connectivity index (χ3v) is 3.50. The molecule has 0 saturated heterocycles. The number of aromatic nitrogens is 2. The normalized spacial score (nSPS) is 15.8. The molecule has 1 heterocycles. The van der Waals surface area contributed by atoms with Gasteiger partial charge in [-0.15, -0.1) is 0 Å². The van der Waals surface area contributed by atoms with Gasteiger partial charge in [0.25, 0.3) is 0 Å². The molecule has 0 bridgehead atoms. The minimum atomic E-state index is 0.209. The lowest BCUT2D eigenvalue weighted by atomic mass is 9.81. The highest BCUT2D eigenvalue weighted by atomic mass is 16.1. The molecule has 0 unspecified atom stereocenters. The fraction of sp³-hybridized carbons (Fsp3) is 0.357. The molecule has 86 valence electrons. The van der Waals surface area contributed by atoms with Crippen LogP contribution < -0.4 is 0 Å². The average Bonchev–Trinajstić information content (AvgIpc) is 2.33. The highest BCUT2D eigenvalue weighted by molar-refractivity contribution is 6.05. The van der Waals surface area contributed by atoms with Crippen molar-refractivity contribution in [2.75, 3.05) is 0 Å². The van der Waals surface area contributed by atoms with Crippen molar-refractivity contribution < 1.29 is 4.79 Å². The third-order valence-electron chi connectivity index (χ3n) is 3.50. The fourth-order valence-corrected chi connectivity index (χ4v) is 2.29. The summed E-state index contributed by atoms with van der Waals surface area (Å²) in [4.78, 5) is 20.7. The maximum Gasteiger partial charge on any atom is 0.165 e. The zero-order chi connectivity index (χ0) is 11.7. The van der Waals surface area contributed by atoms with E-state index in [4.69, 9.17) is 0 Å². The van der Waals surface area contributed by atoms with Crippen LogP contribution in [0.5, 0.6) is 0 Å². The van der Waals surface area contributed by atoms with Gasteiger partial charge in [0.15, 0.2) is 5.78 Å². The molecule has 3 heteroatoms. The molecule has 1 aromatic carbocycles. The Morgan fingerprint density at radius 3 is 2.82 bits per heavy atom. The van der Waals surface area contributed by atoms with Gasteiger partial charge in [0, 0.05) is 24.4 Å². The molecule has 1 saturated carbocycles. The van der Waals surface area contributed by atoms with E-state index in [0.29, 0.717) is 12.3 Å². The number of benzene rings is 1. The summed E-state index contributed by atoms with van der Waals surface area (Å²) in [6.07, 6.45) is 7.62. The van der Waals surface area contributed by atoms with E-state index in [1.54, 1.807) is 12.4 Å². The molecular formula is C14H14N2O. The maximum absolute atomic E-state index is 12.2. The van der Waals surface area contributed by atoms with Gasteiger partial charge in [-0.2, -0.15) is 0 Å². The molecule has 1 fully saturated rings. The van der Waals surface area contributed by atoms with Crippen LogP contribution in [0.3, 0.4) is 0 Å². The molecule has 17 heavy (non-hydrogen) atoms. The van der Waals surface area contributed by atoms with Crippen LogP contribution in [-0.4, -0.2) is 15.8 Å². The van der Waals surface area contributed by atoms with Crippen LogP contribution in [0.4, 0.5) is 0 Å². The number of para-hydroxylation sites is 1. The molecule has 2 aromatic rings. The zero-order valence-electron chi connectivity index (χ0n) is 9.60. The van der Waals surface area contributed by atoms with Crippen LogP contribution in [0.25, 0.3) is 11.0 Å². The van der Waals surface area contributed by atoms with Crippen LogP contribution in [0.1, 0.15) is 36.0 Å². The molecule has 1 aliphatic rings. The number of carbonyl (C=O) groups excluding carboxylic acids is 1. The van der Waals surface area contributed by atoms with E-state index >= 15 is 0 Å². The zero-order valence-corrected chi connectivity index (χ0v) is 9.60. The summed E-state index contributed by atoms with van der Waals surface area (Å²) < 4.78 is 0. The quantitative estimate of drug-likeness (QED) is 0.755. The largest absolute Gasteiger partial charge is 0.294 e. The summed E-state index contributed by atoms with van der Waals surface area (Å²) in [6, 6.07) is 5.63. The van der Waals surface area contributed by atoms with E-state index in [0.717, 1.165) is 16.6 Å². The summed E-state index contributed by atoms with van der Waals surface area (Å²) in [5.41, 5.74) is 2.26. The van der Waals surface area contributed by atoms with E-state index < -0.39 is 0 Å². The van der Waals surface area contributed by atoms with E-state index in [1.807, 2.05) is 18.2 Å². The average molecular weight is 226 g/mol. The molecule has 0 atom stereocenters. The fourth-order valence-electron chi connectivity index (χ4n) is 2.29. The standard InChI is InChI=1S/C14H14N2O/c17-13(9-10-3-1-4-10)11-5-2-6-12-14(11)16-8-7-15-12/h2,5-8,10H,1,3-4,9H2. The summed E-state index contributed by atoms with van der Waals surface area (Å²) in [5.74, 6) is 0.801. The summed E-state index contributed by atoms with van der Waals surface area (Å²) in [6.45, 7) is 0. The van der Waals surface area contributed by atoms with E-state index in [9.17, 15) is 4.79 Å². The van der Waals surface area contributed by atoms with E-state index in [-0.39, 0.29) is 5.78 Å². The number of Topliss-reactive ketones (excluding diaryl/α,β-unsaturated/α-hetero) is 1. The van der Waals surface area contributed by atoms with Crippen molar-refractivity contribution in [1.29, 1.82) is 0 Å². The molecule has 1 aromatic heterocycles. The lowest BCUT2D eigenvalue weighted by molar-refractivity contribution is 0.0938. The minimum absolute atomic E-state index is 0.209. The van der Waals surface area contributed by atoms with E-state index in [1.165, 1.54) is 19.3 Å². The monoisotopic (exact) mass is 226 g/mol. The molecule has 3 nitrogen and oxygen atoms in total. The Morgan fingerprint density at radius 2 is 2.06 bits per heavy atom. The van der Waals surface area contributed by atoms with Crippen molar-refractivity contribution in [3.8, 4) is 0 Å². The summed E-state index contributed by atoms with van der Waals surface area (Å²) in [5, 5.41) is 0. The lowest BCUT2D eigenvalue weighted by Crippen LogP contribution is -2.16. The third kappa shape index (κ3) is 1.93. The second-order valence-corrected chi connectivity index (χ2v) is 4.65. The number of hydrogen-bond acceptors (Lipinski definition) is 3. The number of ketones is 1. The predicted octanol–water partition coefficient (Wildman–Crippen LogP) is 3.00. The first-order valence-electron chi connectivity index (χ1n) is 6.07. The van der Waals surface area contributed by atoms with Crippen molar-refractivity contribution in [2.45, 2.75) is 25.7 Å². The summed E-state index contributed by atoms with van der Waals surface area (Å²) >= 11 is 0. The smallest absolute Gasteiger partial charge is 0.165 e. The molecule has 0 amide bonds. The van der Waals surface area contributed by atoms with Gasteiger partial charge in [0.1, 0.15) is 0 Å². The molecule has 0 N–H and O–H groups in total. The molecule has 0 radical (unpaired) electrons. The second kappa shape index (κ2) is 4.24. The minimum Gasteiger partial charge on any atom is -0.294 e. The van der Waals surface area contributed by atoms with Gasteiger partial charge in [-0.1, -0.05) is 25.3 Å². The molecule has 3 rings (SSSR count). The van der Waals surface area contributed by atoms with Crippen LogP contribution >= 0.6 is 0 Å². The maximum atomic E-state index is 12.2. The first kappa shape index (κ1) is 10.4. The molecular weight excluding hydrogens is 212 g/mol. The Balaban J connectivity index is 1.95. The van der Waals surface area contributed by atoms with E-state index in [2.05, 4.69) is 9.97 Å². The Kier molecular flexibility index (Phi) is 2.59. The summed E-state index contributed by atoms with van der Waals surface area (Å²) in [7, 11) is 0. The molecule has 0 aliphatic heterocycles. The van der Waals surface area contributed by atoms with Crippen molar-refractivity contribution in [2.24, 2.45) is 5.92 Å². The highest BCUT2D eigenvalue weighted by Crippen LogP contribution is 2.31. The topological polar surface area (TPSA) is 42.9 Å². The number of rotatable bonds is 3. The Morgan fingerprint density at radius 1 is 1.24 bits per heavy atom. The van der Waals surface area contributed by atoms with Crippen molar-refractivity contribution in [3.05, 3.63) is 36.2 Å². The molecule has 1 aliphatic carbocycles. The number of carbonyl (C=O) groups is 1. The van der Waals surface area contributed by atoms with Crippen LogP contribution in [0, 0.1) is 5.92 Å². The first-order chi connectivity index (χ1) is 8.34. The van der Waals surface area contributed by atoms with Crippen molar-refractivity contribution in [3.63, 3.8) is 0 Å². The Labute approximate surface area is 99.9 Å². The van der Waals surface area contributed by atoms with Gasteiger partial charge >= 0.3 is 0 Å². The number of hydrogen-bond donors (Lipinski definition) is 0. The first-order valence-corrected chi connectivity index (χ1v) is 6.07. The predicted molar refractivity (Wildman–Crippen MR) is 65.8 cm³/mol. The highest BCUT2D eigenvalue weighted by Gasteiger charge is 2.22. The van der Waals surface area contributed by atoms with Gasteiger partial charge < -0.3 is 0 Å². The lowest BCUT2D eigenvalue weighted by Gasteiger charge is -2.24.